The summed E-state index contributed by atoms with van der Waals surface area (Å²) in [5.41, 5.74) is 0. The van der Waals surface area contributed by atoms with Crippen LogP contribution in [0.15, 0.2) is 0 Å². The molecule has 4 heteroatoms. The molecule has 0 rings (SSSR count). The fourth-order valence-corrected chi connectivity index (χ4v) is 0. The first-order valence-electron chi connectivity index (χ1n) is 0.408. The average molecular weight is 302 g/mol. The Morgan fingerprint density at radius 3 is 1.25 bits per heavy atom. The van der Waals surface area contributed by atoms with Crippen LogP contribution in [0.5, 0.6) is 0 Å². The Morgan fingerprint density at radius 2 is 1.25 bits per heavy atom. The van der Waals surface area contributed by atoms with E-state index < -0.39 is 23.2 Å². The topological polar surface area (TPSA) is 34.1 Å². The van der Waals surface area contributed by atoms with Gasteiger partial charge in [0.15, 0.2) is 0 Å². The fourth-order valence-electron chi connectivity index (χ4n) is 0. The summed E-state index contributed by atoms with van der Waals surface area (Å²) in [5.74, 6) is 0. The Hall–Kier alpha value is 1.35. The first-order chi connectivity index (χ1) is 1.41. The van der Waals surface area contributed by atoms with Crippen molar-refractivity contribution >= 4 is 0 Å². The van der Waals surface area contributed by atoms with Crippen molar-refractivity contribution in [3.63, 3.8) is 0 Å². The van der Waals surface area contributed by atoms with Crippen molar-refractivity contribution in [1.82, 2.24) is 0 Å². The summed E-state index contributed by atoms with van der Waals surface area (Å²) >= 11 is -2.27. The molecular weight excluding hydrogens is 302 g/mol. The van der Waals surface area contributed by atoms with Crippen molar-refractivity contribution in [3.8, 4) is 0 Å². The predicted molar refractivity (Wildman–Crippen MR) is 1.37 cm³/mol. The first kappa shape index (κ1) is 9.02. The SMILES string of the molecule is [Hf].[O]=[Zr]=[O]. The van der Waals surface area contributed by atoms with Gasteiger partial charge < -0.3 is 0 Å². The van der Waals surface area contributed by atoms with Crippen LogP contribution in [-0.2, 0) is 54.7 Å². The number of rotatable bonds is 0. The van der Waals surface area contributed by atoms with Crippen LogP contribution in [0.2, 0.25) is 0 Å². The molecule has 0 fully saturated rings. The van der Waals surface area contributed by atoms with Gasteiger partial charge in [-0.2, -0.15) is 0 Å². The van der Waals surface area contributed by atoms with Gasteiger partial charge in [-0.15, -0.1) is 0 Å². The van der Waals surface area contributed by atoms with E-state index >= 15 is 0 Å². The van der Waals surface area contributed by atoms with Crippen molar-refractivity contribution in [3.05, 3.63) is 0 Å². The van der Waals surface area contributed by atoms with Crippen molar-refractivity contribution in [2.24, 2.45) is 0 Å². The van der Waals surface area contributed by atoms with Gasteiger partial charge in [0.25, 0.3) is 0 Å². The standard InChI is InChI=1S/Hf.2O.Zr. The second kappa shape index (κ2) is 8.84. The molecule has 0 aliphatic rings. The molecule has 0 N–H and O–H groups in total. The Labute approximate surface area is 54.2 Å². The summed E-state index contributed by atoms with van der Waals surface area (Å²) in [7, 11) is 0. The summed E-state index contributed by atoms with van der Waals surface area (Å²) in [6, 6.07) is 0. The number of hydrogen-bond donors (Lipinski definition) is 0. The minimum absolute atomic E-state index is 0. The Bertz CT molecular complexity index is 27.0. The third-order valence-corrected chi connectivity index (χ3v) is 0. The molecule has 0 bridgehead atoms. The molecule has 0 heterocycles. The first-order valence-corrected chi connectivity index (χ1v) is 2.42. The monoisotopic (exact) mass is 302 g/mol. The van der Waals surface area contributed by atoms with Crippen molar-refractivity contribution < 1.29 is 54.7 Å². The van der Waals surface area contributed by atoms with Crippen LogP contribution in [0.25, 0.3) is 0 Å². The van der Waals surface area contributed by atoms with Crippen molar-refractivity contribution in [1.29, 1.82) is 0 Å². The second-order valence-electron chi connectivity index (χ2n) is 0.0833. The Balaban J connectivity index is 0. The third-order valence-electron chi connectivity index (χ3n) is 0. The normalized spacial score (nSPS) is 2.00. The molecule has 0 unspecified atom stereocenters. The van der Waals surface area contributed by atoms with E-state index in [-0.39, 0.29) is 25.8 Å². The zero-order valence-electron chi connectivity index (χ0n) is 1.82. The van der Waals surface area contributed by atoms with E-state index in [4.69, 9.17) is 5.63 Å². The average Bonchev–Trinajstić information content (AvgIpc) is 0.918. The van der Waals surface area contributed by atoms with E-state index in [1.54, 1.807) is 0 Å². The van der Waals surface area contributed by atoms with Crippen molar-refractivity contribution in [2.75, 3.05) is 0 Å². The van der Waals surface area contributed by atoms with E-state index in [9.17, 15) is 0 Å². The van der Waals surface area contributed by atoms with Gasteiger partial charge in [-0.1, -0.05) is 0 Å². The minimum atomic E-state index is -2.27. The Kier molecular flexibility index (Phi) is 19.9. The van der Waals surface area contributed by atoms with Gasteiger partial charge in [-0.25, -0.2) is 0 Å². The van der Waals surface area contributed by atoms with Crippen LogP contribution in [0, 0.1) is 0 Å². The van der Waals surface area contributed by atoms with E-state index in [1.165, 1.54) is 0 Å². The van der Waals surface area contributed by atoms with Gasteiger partial charge >= 0.3 is 28.9 Å². The molecular formula is HfO2Zr. The Morgan fingerprint density at radius 1 is 1.25 bits per heavy atom. The molecule has 0 saturated heterocycles. The van der Waals surface area contributed by atoms with E-state index in [1.807, 2.05) is 0 Å². The molecule has 0 aliphatic carbocycles. The van der Waals surface area contributed by atoms with Gasteiger partial charge in [0.05, 0.1) is 0 Å². The van der Waals surface area contributed by atoms with Crippen LogP contribution >= 0.6 is 0 Å². The van der Waals surface area contributed by atoms with Gasteiger partial charge in [0.1, 0.15) is 0 Å². The molecule has 20 valence electrons. The zero-order chi connectivity index (χ0) is 2.71. The summed E-state index contributed by atoms with van der Waals surface area (Å²) in [6.45, 7) is 0. The van der Waals surface area contributed by atoms with Crippen LogP contribution < -0.4 is 0 Å². The molecule has 0 aromatic rings. The van der Waals surface area contributed by atoms with Gasteiger partial charge in [-0.3, -0.25) is 0 Å². The molecule has 0 amide bonds. The summed E-state index contributed by atoms with van der Waals surface area (Å²) < 4.78 is 17.1. The van der Waals surface area contributed by atoms with E-state index in [0.717, 1.165) is 0 Å². The maximum atomic E-state index is 8.54. The summed E-state index contributed by atoms with van der Waals surface area (Å²) in [4.78, 5) is 0. The summed E-state index contributed by atoms with van der Waals surface area (Å²) in [6.07, 6.45) is 0. The second-order valence-corrected chi connectivity index (χ2v) is 0.493. The fraction of sp³-hybridized carbons (Fsp3) is 0. The van der Waals surface area contributed by atoms with Gasteiger partial charge in [0, 0.05) is 25.8 Å². The maximum absolute atomic E-state index is 8.54. The summed E-state index contributed by atoms with van der Waals surface area (Å²) in [5, 5.41) is 0. The molecule has 0 atom stereocenters. The molecule has 0 radical (unpaired) electrons. The third kappa shape index (κ3) is 10.1. The quantitative estimate of drug-likeness (QED) is 0.579. The van der Waals surface area contributed by atoms with E-state index in [0.29, 0.717) is 0 Å². The van der Waals surface area contributed by atoms with Crippen LogP contribution in [0.3, 0.4) is 0 Å². The van der Waals surface area contributed by atoms with Crippen molar-refractivity contribution in [2.45, 2.75) is 0 Å². The number of hydrogen-bond acceptors (Lipinski definition) is 2. The van der Waals surface area contributed by atoms with E-state index in [2.05, 4.69) is 0 Å². The van der Waals surface area contributed by atoms with Crippen LogP contribution in [0.1, 0.15) is 0 Å². The molecule has 0 spiro atoms. The molecule has 4 heavy (non-hydrogen) atoms. The van der Waals surface area contributed by atoms with Crippen LogP contribution in [0.4, 0.5) is 0 Å². The molecule has 0 saturated carbocycles. The molecule has 0 aliphatic heterocycles. The van der Waals surface area contributed by atoms with Crippen LogP contribution in [-0.4, -0.2) is 0 Å². The van der Waals surface area contributed by atoms with Gasteiger partial charge in [0.2, 0.25) is 0 Å². The zero-order valence-corrected chi connectivity index (χ0v) is 7.87. The predicted octanol–water partition coefficient (Wildman–Crippen LogP) is -0.243. The molecule has 0 aromatic heterocycles. The molecule has 2 nitrogen and oxygen atoms in total. The molecule has 0 aromatic carbocycles. The van der Waals surface area contributed by atoms with Gasteiger partial charge in [-0.05, 0) is 0 Å².